The third kappa shape index (κ3) is 3.63. The van der Waals surface area contributed by atoms with E-state index < -0.39 is 9.84 Å². The molecule has 0 saturated carbocycles. The van der Waals surface area contributed by atoms with Gasteiger partial charge in [0.05, 0.1) is 10.6 Å². The van der Waals surface area contributed by atoms with Gasteiger partial charge in [-0.25, -0.2) is 8.42 Å². The van der Waals surface area contributed by atoms with E-state index in [0.29, 0.717) is 4.90 Å². The molecule has 0 fully saturated rings. The van der Waals surface area contributed by atoms with E-state index in [1.165, 1.54) is 0 Å². The molecule has 2 nitrogen and oxygen atoms in total. The first-order chi connectivity index (χ1) is 7.45. The number of sulfone groups is 1. The van der Waals surface area contributed by atoms with Gasteiger partial charge < -0.3 is 0 Å². The number of benzene rings is 1. The molecule has 0 saturated heterocycles. The maximum absolute atomic E-state index is 12.0. The minimum atomic E-state index is -3.10. The van der Waals surface area contributed by atoms with Crippen molar-refractivity contribution in [2.24, 2.45) is 5.92 Å². The SMILES string of the molecule is CCCC(C)CS(=O)(=O)c1ccc(C)cc1. The molecule has 3 heteroatoms. The number of aryl methyl sites for hydroxylation is 1. The quantitative estimate of drug-likeness (QED) is 0.792. The molecule has 0 aliphatic rings. The first-order valence-electron chi connectivity index (χ1n) is 5.75. The molecule has 16 heavy (non-hydrogen) atoms. The van der Waals surface area contributed by atoms with Gasteiger partial charge in [-0.15, -0.1) is 0 Å². The van der Waals surface area contributed by atoms with E-state index in [9.17, 15) is 8.42 Å². The van der Waals surface area contributed by atoms with E-state index in [-0.39, 0.29) is 11.7 Å². The highest BCUT2D eigenvalue weighted by atomic mass is 32.2. The Morgan fingerprint density at radius 2 is 1.75 bits per heavy atom. The number of hydrogen-bond acceptors (Lipinski definition) is 2. The molecule has 0 bridgehead atoms. The van der Waals surface area contributed by atoms with Crippen LogP contribution in [-0.2, 0) is 9.84 Å². The Kier molecular flexibility index (Phi) is 4.54. The minimum Gasteiger partial charge on any atom is -0.224 e. The van der Waals surface area contributed by atoms with Crippen LogP contribution >= 0.6 is 0 Å². The van der Waals surface area contributed by atoms with Gasteiger partial charge in [-0.1, -0.05) is 38.0 Å². The van der Waals surface area contributed by atoms with E-state index in [2.05, 4.69) is 6.92 Å². The van der Waals surface area contributed by atoms with Gasteiger partial charge in [0.15, 0.2) is 9.84 Å². The summed E-state index contributed by atoms with van der Waals surface area (Å²) in [6.07, 6.45) is 2.00. The first kappa shape index (κ1) is 13.2. The molecule has 0 radical (unpaired) electrons. The molecule has 0 aromatic heterocycles. The Labute approximate surface area is 98.6 Å². The summed E-state index contributed by atoms with van der Waals surface area (Å²) in [7, 11) is -3.10. The molecule has 0 spiro atoms. The molecule has 0 amide bonds. The maximum Gasteiger partial charge on any atom is 0.178 e. The van der Waals surface area contributed by atoms with Crippen LogP contribution < -0.4 is 0 Å². The summed E-state index contributed by atoms with van der Waals surface area (Å²) in [5.74, 6) is 0.487. The second-order valence-electron chi connectivity index (χ2n) is 4.49. The molecule has 0 aliphatic heterocycles. The van der Waals surface area contributed by atoms with Crippen molar-refractivity contribution >= 4 is 9.84 Å². The Hall–Kier alpha value is -0.830. The Morgan fingerprint density at radius 1 is 1.19 bits per heavy atom. The van der Waals surface area contributed by atoms with Crippen LogP contribution in [0.5, 0.6) is 0 Å². The van der Waals surface area contributed by atoms with Gasteiger partial charge in [-0.3, -0.25) is 0 Å². The van der Waals surface area contributed by atoms with Crippen molar-refractivity contribution in [2.75, 3.05) is 5.75 Å². The topological polar surface area (TPSA) is 34.1 Å². The molecule has 90 valence electrons. The monoisotopic (exact) mass is 240 g/mol. The summed E-state index contributed by atoms with van der Waals surface area (Å²) < 4.78 is 24.1. The molecular formula is C13H20O2S. The molecule has 1 unspecified atom stereocenters. The van der Waals surface area contributed by atoms with Gasteiger partial charge in [-0.2, -0.15) is 0 Å². The predicted molar refractivity (Wildman–Crippen MR) is 67.3 cm³/mol. The minimum absolute atomic E-state index is 0.233. The van der Waals surface area contributed by atoms with Gasteiger partial charge in [0.2, 0.25) is 0 Å². The number of rotatable bonds is 5. The van der Waals surface area contributed by atoms with Crippen LogP contribution in [0.2, 0.25) is 0 Å². The molecule has 0 N–H and O–H groups in total. The van der Waals surface area contributed by atoms with Crippen molar-refractivity contribution < 1.29 is 8.42 Å². The van der Waals surface area contributed by atoms with Crippen LogP contribution in [-0.4, -0.2) is 14.2 Å². The van der Waals surface area contributed by atoms with Gasteiger partial charge in [-0.05, 0) is 31.4 Å². The normalized spacial score (nSPS) is 13.7. The van der Waals surface area contributed by atoms with E-state index in [0.717, 1.165) is 18.4 Å². The fraction of sp³-hybridized carbons (Fsp3) is 0.538. The number of hydrogen-bond donors (Lipinski definition) is 0. The summed E-state index contributed by atoms with van der Waals surface area (Å²) in [6, 6.07) is 7.08. The van der Waals surface area contributed by atoms with Crippen LogP contribution in [0.4, 0.5) is 0 Å². The zero-order valence-corrected chi connectivity index (χ0v) is 11.0. The fourth-order valence-corrected chi connectivity index (χ4v) is 3.45. The summed E-state index contributed by atoms with van der Waals surface area (Å²) in [5, 5.41) is 0. The van der Waals surface area contributed by atoms with Crippen LogP contribution in [0.15, 0.2) is 29.2 Å². The molecule has 1 aromatic rings. The van der Waals surface area contributed by atoms with E-state index in [1.807, 2.05) is 26.0 Å². The lowest BCUT2D eigenvalue weighted by molar-refractivity contribution is 0.545. The third-order valence-electron chi connectivity index (χ3n) is 2.67. The largest absolute Gasteiger partial charge is 0.224 e. The van der Waals surface area contributed by atoms with E-state index in [1.54, 1.807) is 12.1 Å². The van der Waals surface area contributed by atoms with Gasteiger partial charge in [0.1, 0.15) is 0 Å². The Bertz CT molecular complexity index is 418. The lowest BCUT2D eigenvalue weighted by atomic mass is 10.1. The molecule has 1 atom stereocenters. The average molecular weight is 240 g/mol. The van der Waals surface area contributed by atoms with Crippen molar-refractivity contribution in [1.82, 2.24) is 0 Å². The van der Waals surface area contributed by atoms with Crippen LogP contribution in [0, 0.1) is 12.8 Å². The highest BCUT2D eigenvalue weighted by Gasteiger charge is 2.17. The highest BCUT2D eigenvalue weighted by molar-refractivity contribution is 7.91. The van der Waals surface area contributed by atoms with Gasteiger partial charge in [0, 0.05) is 0 Å². The van der Waals surface area contributed by atoms with Crippen LogP contribution in [0.25, 0.3) is 0 Å². The van der Waals surface area contributed by atoms with Crippen molar-refractivity contribution in [3.05, 3.63) is 29.8 Å². The summed E-state index contributed by atoms with van der Waals surface area (Å²) >= 11 is 0. The van der Waals surface area contributed by atoms with Crippen molar-refractivity contribution in [3.63, 3.8) is 0 Å². The zero-order valence-electron chi connectivity index (χ0n) is 10.2. The summed E-state index contributed by atoms with van der Waals surface area (Å²) in [4.78, 5) is 0.445. The molecular weight excluding hydrogens is 220 g/mol. The predicted octanol–water partition coefficient (Wildman–Crippen LogP) is 3.20. The zero-order chi connectivity index (χ0) is 12.2. The molecule has 1 rings (SSSR count). The smallest absolute Gasteiger partial charge is 0.178 e. The fourth-order valence-electron chi connectivity index (χ4n) is 1.79. The van der Waals surface area contributed by atoms with Crippen LogP contribution in [0.1, 0.15) is 32.3 Å². The molecule has 0 heterocycles. The lowest BCUT2D eigenvalue weighted by Gasteiger charge is -2.10. The third-order valence-corrected chi connectivity index (χ3v) is 4.66. The van der Waals surface area contributed by atoms with E-state index >= 15 is 0 Å². The van der Waals surface area contributed by atoms with Crippen molar-refractivity contribution in [1.29, 1.82) is 0 Å². The standard InChI is InChI=1S/C13H20O2S/c1-4-5-12(3)10-16(14,15)13-8-6-11(2)7-9-13/h6-9,12H,4-5,10H2,1-3H3. The summed E-state index contributed by atoms with van der Waals surface area (Å²) in [5.41, 5.74) is 1.08. The Balaban J connectivity index is 2.82. The highest BCUT2D eigenvalue weighted by Crippen LogP contribution is 2.17. The second-order valence-corrected chi connectivity index (χ2v) is 6.52. The van der Waals surface area contributed by atoms with Gasteiger partial charge in [0.25, 0.3) is 0 Å². The van der Waals surface area contributed by atoms with Gasteiger partial charge >= 0.3 is 0 Å². The second kappa shape index (κ2) is 5.48. The lowest BCUT2D eigenvalue weighted by Crippen LogP contribution is -2.14. The van der Waals surface area contributed by atoms with Crippen molar-refractivity contribution in [3.8, 4) is 0 Å². The molecule has 0 aliphatic carbocycles. The average Bonchev–Trinajstić information content (AvgIpc) is 2.17. The summed E-state index contributed by atoms with van der Waals surface area (Å²) in [6.45, 7) is 6.03. The Morgan fingerprint density at radius 3 is 2.25 bits per heavy atom. The van der Waals surface area contributed by atoms with Crippen LogP contribution in [0.3, 0.4) is 0 Å². The molecule has 1 aromatic carbocycles. The van der Waals surface area contributed by atoms with Crippen molar-refractivity contribution in [2.45, 2.75) is 38.5 Å². The first-order valence-corrected chi connectivity index (χ1v) is 7.40. The maximum atomic E-state index is 12.0. The van der Waals surface area contributed by atoms with E-state index in [4.69, 9.17) is 0 Å².